The first kappa shape index (κ1) is 13.7. The normalized spacial score (nSPS) is 19.9. The van der Waals surface area contributed by atoms with Gasteiger partial charge in [0.1, 0.15) is 0 Å². The van der Waals surface area contributed by atoms with Gasteiger partial charge in [0, 0.05) is 23.7 Å². The summed E-state index contributed by atoms with van der Waals surface area (Å²) in [5.41, 5.74) is 1.58. The van der Waals surface area contributed by atoms with Crippen molar-refractivity contribution in [3.63, 3.8) is 0 Å². The van der Waals surface area contributed by atoms with Crippen LogP contribution in [0.4, 0.5) is 0 Å². The molecular weight excluding hydrogens is 273 g/mol. The van der Waals surface area contributed by atoms with E-state index in [1.165, 1.54) is 0 Å². The van der Waals surface area contributed by atoms with Crippen molar-refractivity contribution in [2.75, 3.05) is 25.6 Å². The van der Waals surface area contributed by atoms with Gasteiger partial charge >= 0.3 is 0 Å². The van der Waals surface area contributed by atoms with Crippen LogP contribution in [0.2, 0.25) is 5.02 Å². The van der Waals surface area contributed by atoms with Gasteiger partial charge in [0.25, 0.3) is 5.91 Å². The van der Waals surface area contributed by atoms with Crippen LogP contribution in [0, 0.1) is 6.92 Å². The average molecular weight is 288 g/mol. The Balaban J connectivity index is 2.17. The van der Waals surface area contributed by atoms with Gasteiger partial charge in [-0.05, 0) is 24.6 Å². The molecule has 0 saturated carbocycles. The maximum absolute atomic E-state index is 12.4. The summed E-state index contributed by atoms with van der Waals surface area (Å²) in [6.45, 7) is 3.57. The highest BCUT2D eigenvalue weighted by Gasteiger charge is 2.25. The third-order valence-electron chi connectivity index (χ3n) is 3.03. The van der Waals surface area contributed by atoms with Gasteiger partial charge in [-0.25, -0.2) is 0 Å². The van der Waals surface area contributed by atoms with Crippen LogP contribution in [0.1, 0.15) is 15.9 Å². The van der Waals surface area contributed by atoms with E-state index in [9.17, 15) is 4.79 Å². The second kappa shape index (κ2) is 5.91. The molecule has 2 rings (SSSR count). The molecule has 0 aliphatic carbocycles. The van der Waals surface area contributed by atoms with Crippen molar-refractivity contribution in [3.05, 3.63) is 34.3 Å². The van der Waals surface area contributed by atoms with E-state index in [-0.39, 0.29) is 12.0 Å². The van der Waals surface area contributed by atoms with Crippen LogP contribution in [0.3, 0.4) is 0 Å². The van der Waals surface area contributed by atoms with Crippen LogP contribution >= 0.6 is 23.2 Å². The van der Waals surface area contributed by atoms with Crippen LogP contribution < -0.4 is 0 Å². The number of halogens is 2. The van der Waals surface area contributed by atoms with Crippen LogP contribution in [-0.2, 0) is 4.74 Å². The zero-order valence-electron chi connectivity index (χ0n) is 10.2. The molecule has 1 amide bonds. The molecule has 1 saturated heterocycles. The lowest BCUT2D eigenvalue weighted by Crippen LogP contribution is -2.46. The molecule has 0 aromatic heterocycles. The van der Waals surface area contributed by atoms with Gasteiger partial charge in [-0.1, -0.05) is 17.7 Å². The van der Waals surface area contributed by atoms with Gasteiger partial charge in [0.05, 0.1) is 18.6 Å². The van der Waals surface area contributed by atoms with Gasteiger partial charge in [-0.15, -0.1) is 11.6 Å². The Labute approximate surface area is 117 Å². The van der Waals surface area contributed by atoms with Crippen molar-refractivity contribution < 1.29 is 9.53 Å². The number of carbonyl (C=O) groups excluding carboxylic acids is 1. The highest BCUT2D eigenvalue weighted by molar-refractivity contribution is 6.31. The lowest BCUT2D eigenvalue weighted by atomic mass is 10.1. The Kier molecular flexibility index (Phi) is 4.49. The summed E-state index contributed by atoms with van der Waals surface area (Å²) >= 11 is 11.7. The number of benzene rings is 1. The fourth-order valence-electron chi connectivity index (χ4n) is 1.99. The minimum absolute atomic E-state index is 0.00610. The Morgan fingerprint density at radius 3 is 3.06 bits per heavy atom. The number of alkyl halides is 1. The molecular formula is C13H15Cl2NO2. The lowest BCUT2D eigenvalue weighted by Gasteiger charge is -2.32. The second-order valence-corrected chi connectivity index (χ2v) is 5.10. The molecule has 1 atom stereocenters. The fraction of sp³-hybridized carbons (Fsp3) is 0.462. The number of carbonyl (C=O) groups is 1. The Morgan fingerprint density at radius 1 is 1.56 bits per heavy atom. The molecule has 5 heteroatoms. The van der Waals surface area contributed by atoms with Crippen molar-refractivity contribution in [3.8, 4) is 0 Å². The first-order chi connectivity index (χ1) is 8.61. The second-order valence-electron chi connectivity index (χ2n) is 4.36. The van der Waals surface area contributed by atoms with Gasteiger partial charge in [0.2, 0.25) is 0 Å². The van der Waals surface area contributed by atoms with Crippen molar-refractivity contribution in [1.29, 1.82) is 0 Å². The van der Waals surface area contributed by atoms with Crippen LogP contribution in [0.15, 0.2) is 18.2 Å². The summed E-state index contributed by atoms with van der Waals surface area (Å²) in [7, 11) is 0. The molecule has 18 heavy (non-hydrogen) atoms. The highest BCUT2D eigenvalue weighted by atomic mass is 35.5. The molecule has 1 aliphatic heterocycles. The number of morpholine rings is 1. The maximum atomic E-state index is 12.4. The van der Waals surface area contributed by atoms with Crippen LogP contribution in [0.25, 0.3) is 0 Å². The summed E-state index contributed by atoms with van der Waals surface area (Å²) in [6, 6.07) is 5.36. The largest absolute Gasteiger partial charge is 0.373 e. The van der Waals surface area contributed by atoms with E-state index < -0.39 is 0 Å². The molecule has 0 N–H and O–H groups in total. The Hall–Kier alpha value is -0.770. The number of ether oxygens (including phenoxy) is 1. The van der Waals surface area contributed by atoms with E-state index in [0.717, 1.165) is 5.56 Å². The molecule has 1 unspecified atom stereocenters. The van der Waals surface area contributed by atoms with Crippen molar-refractivity contribution in [2.45, 2.75) is 13.0 Å². The molecule has 0 spiro atoms. The van der Waals surface area contributed by atoms with Gasteiger partial charge in [0.15, 0.2) is 0 Å². The summed E-state index contributed by atoms with van der Waals surface area (Å²) in [5, 5.41) is 0.575. The summed E-state index contributed by atoms with van der Waals surface area (Å²) in [6.07, 6.45) is -0.0798. The van der Waals surface area contributed by atoms with E-state index >= 15 is 0 Å². The predicted octanol–water partition coefficient (Wildman–Crippen LogP) is 2.73. The van der Waals surface area contributed by atoms with Crippen molar-refractivity contribution in [2.24, 2.45) is 0 Å². The molecule has 3 nitrogen and oxygen atoms in total. The molecule has 1 aromatic carbocycles. The Morgan fingerprint density at radius 2 is 2.33 bits per heavy atom. The van der Waals surface area contributed by atoms with Gasteiger partial charge in [-0.3, -0.25) is 4.79 Å². The molecule has 0 bridgehead atoms. The van der Waals surface area contributed by atoms with Crippen molar-refractivity contribution in [1.82, 2.24) is 4.90 Å². The number of hydrogen-bond acceptors (Lipinski definition) is 2. The summed E-state index contributed by atoms with van der Waals surface area (Å²) in [4.78, 5) is 14.2. The molecule has 1 fully saturated rings. The van der Waals surface area contributed by atoms with Gasteiger partial charge in [-0.2, -0.15) is 0 Å². The minimum Gasteiger partial charge on any atom is -0.373 e. The number of rotatable bonds is 2. The lowest BCUT2D eigenvalue weighted by molar-refractivity contribution is -0.0108. The predicted molar refractivity (Wildman–Crippen MR) is 72.6 cm³/mol. The zero-order chi connectivity index (χ0) is 13.1. The zero-order valence-corrected chi connectivity index (χ0v) is 11.7. The minimum atomic E-state index is -0.0798. The molecule has 1 aromatic rings. The Bertz CT molecular complexity index is 451. The smallest absolute Gasteiger partial charge is 0.254 e. The van der Waals surface area contributed by atoms with E-state index in [4.69, 9.17) is 27.9 Å². The fourth-order valence-corrected chi connectivity index (χ4v) is 2.35. The van der Waals surface area contributed by atoms with E-state index in [1.807, 2.05) is 13.0 Å². The van der Waals surface area contributed by atoms with Crippen LogP contribution in [0.5, 0.6) is 0 Å². The third kappa shape index (κ3) is 2.97. The number of amides is 1. The monoisotopic (exact) mass is 287 g/mol. The topological polar surface area (TPSA) is 29.5 Å². The van der Waals surface area contributed by atoms with E-state index in [0.29, 0.717) is 36.2 Å². The first-order valence-electron chi connectivity index (χ1n) is 5.85. The highest BCUT2D eigenvalue weighted by Crippen LogP contribution is 2.19. The van der Waals surface area contributed by atoms with Gasteiger partial charge < -0.3 is 9.64 Å². The number of aryl methyl sites for hydroxylation is 1. The maximum Gasteiger partial charge on any atom is 0.254 e. The van der Waals surface area contributed by atoms with E-state index in [1.54, 1.807) is 17.0 Å². The average Bonchev–Trinajstić information content (AvgIpc) is 2.41. The molecule has 0 radical (unpaired) electrons. The first-order valence-corrected chi connectivity index (χ1v) is 6.76. The van der Waals surface area contributed by atoms with Crippen molar-refractivity contribution >= 4 is 29.1 Å². The van der Waals surface area contributed by atoms with E-state index in [2.05, 4.69) is 0 Å². The molecule has 98 valence electrons. The standard InChI is InChI=1S/C13H15Cl2NO2/c1-9-2-3-10(15)6-12(9)13(17)16-4-5-18-11(7-14)8-16/h2-3,6,11H,4-5,7-8H2,1H3. The number of nitrogens with zero attached hydrogens (tertiary/aromatic N) is 1. The molecule has 1 heterocycles. The SMILES string of the molecule is Cc1ccc(Cl)cc1C(=O)N1CCOC(CCl)C1. The molecule has 1 aliphatic rings. The third-order valence-corrected chi connectivity index (χ3v) is 3.61. The summed E-state index contributed by atoms with van der Waals surface area (Å²) < 4.78 is 5.45. The number of hydrogen-bond donors (Lipinski definition) is 0. The van der Waals surface area contributed by atoms with Crippen LogP contribution in [-0.4, -0.2) is 42.5 Å². The quantitative estimate of drug-likeness (QED) is 0.783. The summed E-state index contributed by atoms with van der Waals surface area (Å²) in [5.74, 6) is 0.395.